The summed E-state index contributed by atoms with van der Waals surface area (Å²) in [5.74, 6) is 0. The number of hydrogen-bond donors (Lipinski definition) is 3. The summed E-state index contributed by atoms with van der Waals surface area (Å²) in [7, 11) is 0. The number of fused-ring (bicyclic) bond motifs is 1. The lowest BCUT2D eigenvalue weighted by Crippen LogP contribution is -2.27. The minimum Gasteiger partial charge on any atom is -0.421 e. The van der Waals surface area contributed by atoms with Gasteiger partial charge in [0, 0.05) is 17.1 Å². The first kappa shape index (κ1) is 19.1. The average Bonchev–Trinajstić information content (AvgIpc) is 2.73. The maximum Gasteiger partial charge on any atom is 0.362 e. The molecule has 0 unspecified atom stereocenters. The van der Waals surface area contributed by atoms with E-state index in [2.05, 4.69) is 16.0 Å². The largest absolute Gasteiger partial charge is 0.421 e. The van der Waals surface area contributed by atoms with Crippen molar-refractivity contribution in [2.45, 2.75) is 45.1 Å². The van der Waals surface area contributed by atoms with Gasteiger partial charge >= 0.3 is 11.7 Å². The summed E-state index contributed by atoms with van der Waals surface area (Å²) in [6, 6.07) is 14.6. The van der Waals surface area contributed by atoms with E-state index in [0.29, 0.717) is 17.0 Å². The Balaban J connectivity index is 1.65. The molecule has 6 nitrogen and oxygen atoms in total. The fraction of sp³-hybridized carbons (Fsp3) is 0.304. The van der Waals surface area contributed by atoms with E-state index in [9.17, 15) is 9.59 Å². The fourth-order valence-corrected chi connectivity index (χ4v) is 3.78. The third-order valence-electron chi connectivity index (χ3n) is 5.31. The van der Waals surface area contributed by atoms with Crippen molar-refractivity contribution in [3.63, 3.8) is 0 Å². The van der Waals surface area contributed by atoms with Crippen molar-refractivity contribution in [3.05, 3.63) is 64.5 Å². The smallest absolute Gasteiger partial charge is 0.362 e. The number of para-hydroxylation sites is 1. The average molecular weight is 391 g/mol. The molecule has 3 N–H and O–H groups in total. The van der Waals surface area contributed by atoms with E-state index in [1.807, 2.05) is 49.4 Å². The van der Waals surface area contributed by atoms with Crippen LogP contribution in [-0.2, 0) is 0 Å². The zero-order valence-corrected chi connectivity index (χ0v) is 16.5. The molecule has 0 saturated heterocycles. The Kier molecular flexibility index (Phi) is 5.51. The number of carbonyl (C=O) groups is 1. The summed E-state index contributed by atoms with van der Waals surface area (Å²) >= 11 is 0. The Labute approximate surface area is 169 Å². The Morgan fingerprint density at radius 3 is 2.41 bits per heavy atom. The lowest BCUT2D eigenvalue weighted by molar-refractivity contribution is 0.262. The van der Waals surface area contributed by atoms with Crippen LogP contribution in [0.3, 0.4) is 0 Å². The van der Waals surface area contributed by atoms with Gasteiger partial charge in [0.15, 0.2) is 5.69 Å². The van der Waals surface area contributed by atoms with Crippen molar-refractivity contribution < 1.29 is 9.21 Å². The van der Waals surface area contributed by atoms with Gasteiger partial charge < -0.3 is 15.1 Å². The second kappa shape index (κ2) is 8.39. The van der Waals surface area contributed by atoms with Crippen LogP contribution in [-0.4, -0.2) is 12.1 Å². The molecule has 6 heteroatoms. The summed E-state index contributed by atoms with van der Waals surface area (Å²) < 4.78 is 5.45. The second-order valence-corrected chi connectivity index (χ2v) is 7.56. The molecule has 0 atom stereocenters. The summed E-state index contributed by atoms with van der Waals surface area (Å²) in [6.07, 6.45) is 5.65. The van der Waals surface area contributed by atoms with Crippen LogP contribution in [0.15, 0.2) is 57.7 Å². The summed E-state index contributed by atoms with van der Waals surface area (Å²) in [4.78, 5) is 25.2. The van der Waals surface area contributed by atoms with Gasteiger partial charge in [-0.25, -0.2) is 9.59 Å². The first-order valence-corrected chi connectivity index (χ1v) is 10.1. The number of carbonyl (C=O) groups excluding carboxylic acids is 1. The second-order valence-electron chi connectivity index (χ2n) is 7.56. The molecule has 29 heavy (non-hydrogen) atoms. The molecule has 0 bridgehead atoms. The molecule has 0 radical (unpaired) electrons. The number of aryl methyl sites for hydroxylation is 1. The molecule has 1 aliphatic carbocycles. The van der Waals surface area contributed by atoms with Crippen molar-refractivity contribution in [1.82, 2.24) is 0 Å². The highest BCUT2D eigenvalue weighted by atomic mass is 16.4. The van der Waals surface area contributed by atoms with Crippen LogP contribution in [0.5, 0.6) is 0 Å². The molecular weight excluding hydrogens is 366 g/mol. The highest BCUT2D eigenvalue weighted by molar-refractivity contribution is 6.05. The molecule has 4 rings (SSSR count). The normalized spacial score (nSPS) is 14.5. The standard InChI is InChI=1S/C23H25N3O3/c1-15-11-13-17(14-12-15)25-23(28)26-21-20(24-16-7-3-2-4-8-16)18-9-5-6-10-19(18)29-22(21)27/h5-6,9-14,16,24H,2-4,7-8H2,1H3,(H2,25,26,28). The van der Waals surface area contributed by atoms with Crippen LogP contribution in [0.25, 0.3) is 11.0 Å². The SMILES string of the molecule is Cc1ccc(NC(=O)Nc2c(NC3CCCCC3)c3ccccc3oc2=O)cc1. The van der Waals surface area contributed by atoms with Crippen LogP contribution in [0, 0.1) is 6.92 Å². The van der Waals surface area contributed by atoms with Crippen molar-refractivity contribution in [1.29, 1.82) is 0 Å². The first-order chi connectivity index (χ1) is 14.1. The van der Waals surface area contributed by atoms with Crippen LogP contribution in [0.2, 0.25) is 0 Å². The topological polar surface area (TPSA) is 83.4 Å². The molecule has 1 saturated carbocycles. The predicted molar refractivity (Wildman–Crippen MR) is 117 cm³/mol. The first-order valence-electron chi connectivity index (χ1n) is 10.1. The number of nitrogens with one attached hydrogen (secondary N) is 3. The molecule has 0 aliphatic heterocycles. The number of anilines is 3. The third-order valence-corrected chi connectivity index (χ3v) is 5.31. The van der Waals surface area contributed by atoms with Gasteiger partial charge in [0.05, 0.1) is 5.69 Å². The highest BCUT2D eigenvalue weighted by Crippen LogP contribution is 2.31. The van der Waals surface area contributed by atoms with Gasteiger partial charge in [-0.15, -0.1) is 0 Å². The number of benzene rings is 2. The highest BCUT2D eigenvalue weighted by Gasteiger charge is 2.21. The molecular formula is C23H25N3O3. The van der Waals surface area contributed by atoms with Crippen LogP contribution >= 0.6 is 0 Å². The van der Waals surface area contributed by atoms with Gasteiger partial charge in [-0.2, -0.15) is 0 Å². The predicted octanol–water partition coefficient (Wildman–Crippen LogP) is 5.49. The number of rotatable bonds is 4. The molecule has 1 heterocycles. The van der Waals surface area contributed by atoms with Crippen LogP contribution in [0.1, 0.15) is 37.7 Å². The van der Waals surface area contributed by atoms with E-state index in [4.69, 9.17) is 4.42 Å². The lowest BCUT2D eigenvalue weighted by atomic mass is 9.95. The maximum absolute atomic E-state index is 12.7. The van der Waals surface area contributed by atoms with Crippen LogP contribution < -0.4 is 21.6 Å². The molecule has 150 valence electrons. The van der Waals surface area contributed by atoms with Crippen molar-refractivity contribution in [2.24, 2.45) is 0 Å². The molecule has 1 fully saturated rings. The monoisotopic (exact) mass is 391 g/mol. The van der Waals surface area contributed by atoms with E-state index in [-0.39, 0.29) is 11.7 Å². The third kappa shape index (κ3) is 4.42. The molecule has 0 spiro atoms. The van der Waals surface area contributed by atoms with E-state index in [0.717, 1.165) is 36.6 Å². The van der Waals surface area contributed by atoms with Gasteiger partial charge in [-0.05, 0) is 44.0 Å². The van der Waals surface area contributed by atoms with Gasteiger partial charge in [0.2, 0.25) is 0 Å². The molecule has 3 aromatic rings. The zero-order chi connectivity index (χ0) is 20.2. The quantitative estimate of drug-likeness (QED) is 0.514. The fourth-order valence-electron chi connectivity index (χ4n) is 3.78. The zero-order valence-electron chi connectivity index (χ0n) is 16.5. The number of amides is 2. The minimum atomic E-state index is -0.568. The Morgan fingerprint density at radius 2 is 1.66 bits per heavy atom. The van der Waals surface area contributed by atoms with E-state index in [1.54, 1.807) is 6.07 Å². The Hall–Kier alpha value is -3.28. The summed E-state index contributed by atoms with van der Waals surface area (Å²) in [6.45, 7) is 1.98. The van der Waals surface area contributed by atoms with E-state index in [1.165, 1.54) is 6.42 Å². The van der Waals surface area contributed by atoms with Crippen molar-refractivity contribution in [2.75, 3.05) is 16.0 Å². The summed E-state index contributed by atoms with van der Waals surface area (Å²) in [5.41, 5.74) is 2.45. The summed E-state index contributed by atoms with van der Waals surface area (Å²) in [5, 5.41) is 9.76. The van der Waals surface area contributed by atoms with Gasteiger partial charge in [-0.1, -0.05) is 49.1 Å². The van der Waals surface area contributed by atoms with Crippen molar-refractivity contribution >= 4 is 34.1 Å². The van der Waals surface area contributed by atoms with E-state index < -0.39 is 11.7 Å². The maximum atomic E-state index is 12.7. The van der Waals surface area contributed by atoms with Gasteiger partial charge in [0.25, 0.3) is 0 Å². The molecule has 1 aliphatic rings. The van der Waals surface area contributed by atoms with Gasteiger partial charge in [-0.3, -0.25) is 5.32 Å². The molecule has 2 amide bonds. The molecule has 2 aromatic carbocycles. The lowest BCUT2D eigenvalue weighted by Gasteiger charge is -2.25. The Bertz CT molecular complexity index is 1070. The van der Waals surface area contributed by atoms with Crippen molar-refractivity contribution in [3.8, 4) is 0 Å². The molecule has 1 aromatic heterocycles. The minimum absolute atomic E-state index is 0.138. The van der Waals surface area contributed by atoms with E-state index >= 15 is 0 Å². The number of urea groups is 1. The number of hydrogen-bond acceptors (Lipinski definition) is 4. The van der Waals surface area contributed by atoms with Gasteiger partial charge in [0.1, 0.15) is 5.58 Å². The van der Waals surface area contributed by atoms with Crippen LogP contribution in [0.4, 0.5) is 21.9 Å². The Morgan fingerprint density at radius 1 is 0.931 bits per heavy atom.